The second-order valence-electron chi connectivity index (χ2n) is 9.89. The van der Waals surface area contributed by atoms with Gasteiger partial charge in [0.25, 0.3) is 0 Å². The Morgan fingerprint density at radius 2 is 1.76 bits per heavy atom. The SMILES string of the molecule is C=C(C)C(=O)NCCOc1ccc(-c2ccc(C3CCC(CCCCC)CC3)cc2)c(CC)c1. The molecule has 3 heteroatoms. The fourth-order valence-electron chi connectivity index (χ4n) is 5.12. The Morgan fingerprint density at radius 1 is 1.03 bits per heavy atom. The molecule has 0 aliphatic heterocycles. The highest BCUT2D eigenvalue weighted by atomic mass is 16.5. The van der Waals surface area contributed by atoms with Gasteiger partial charge in [-0.05, 0) is 85.3 Å². The van der Waals surface area contributed by atoms with Gasteiger partial charge < -0.3 is 10.1 Å². The number of benzene rings is 2. The number of hydrogen-bond donors (Lipinski definition) is 1. The Kier molecular flexibility index (Phi) is 10.2. The zero-order valence-corrected chi connectivity index (χ0v) is 21.5. The minimum absolute atomic E-state index is 0.128. The van der Waals surface area contributed by atoms with E-state index in [2.05, 4.69) is 62.1 Å². The first-order valence-corrected chi connectivity index (χ1v) is 13.3. The maximum Gasteiger partial charge on any atom is 0.246 e. The van der Waals surface area contributed by atoms with Gasteiger partial charge in [0, 0.05) is 5.57 Å². The number of ether oxygens (including phenoxy) is 1. The lowest BCUT2D eigenvalue weighted by Gasteiger charge is -2.29. The molecule has 2 aromatic rings. The molecule has 0 radical (unpaired) electrons. The molecule has 0 heterocycles. The van der Waals surface area contributed by atoms with E-state index in [9.17, 15) is 4.79 Å². The summed E-state index contributed by atoms with van der Waals surface area (Å²) in [4.78, 5) is 11.6. The molecular formula is C31H43NO2. The van der Waals surface area contributed by atoms with Gasteiger partial charge in [0.1, 0.15) is 12.4 Å². The molecule has 34 heavy (non-hydrogen) atoms. The van der Waals surface area contributed by atoms with Crippen molar-refractivity contribution in [1.29, 1.82) is 0 Å². The van der Waals surface area contributed by atoms with Crippen molar-refractivity contribution in [3.05, 3.63) is 65.7 Å². The Balaban J connectivity index is 1.55. The standard InChI is InChI=1S/C31H43NO2/c1-5-7-8-9-24-10-12-26(13-11-24)27-14-16-28(17-15-27)30-19-18-29(22-25(30)6-2)34-21-20-32-31(33)23(3)4/h14-19,22,24,26H,3,5-13,20-21H2,1-2,4H3,(H,32,33). The van der Waals surface area contributed by atoms with Crippen LogP contribution >= 0.6 is 0 Å². The van der Waals surface area contributed by atoms with Crippen LogP contribution in [-0.4, -0.2) is 19.1 Å². The summed E-state index contributed by atoms with van der Waals surface area (Å²) in [5, 5.41) is 2.80. The van der Waals surface area contributed by atoms with Gasteiger partial charge >= 0.3 is 0 Å². The van der Waals surface area contributed by atoms with E-state index in [1.54, 1.807) is 6.92 Å². The van der Waals surface area contributed by atoms with Crippen LogP contribution in [-0.2, 0) is 11.2 Å². The Hall–Kier alpha value is -2.55. The maximum atomic E-state index is 11.6. The first kappa shape index (κ1) is 26.1. The van der Waals surface area contributed by atoms with E-state index >= 15 is 0 Å². The third kappa shape index (κ3) is 7.48. The summed E-state index contributed by atoms with van der Waals surface area (Å²) in [6.07, 6.45) is 12.0. The van der Waals surface area contributed by atoms with E-state index in [1.807, 2.05) is 6.07 Å². The second-order valence-corrected chi connectivity index (χ2v) is 9.89. The van der Waals surface area contributed by atoms with Gasteiger partial charge in [-0.1, -0.05) is 76.4 Å². The van der Waals surface area contributed by atoms with Crippen LogP contribution in [0.1, 0.15) is 89.2 Å². The molecule has 1 aliphatic carbocycles. The highest BCUT2D eigenvalue weighted by Crippen LogP contribution is 2.38. The van der Waals surface area contributed by atoms with Crippen molar-refractivity contribution in [1.82, 2.24) is 5.32 Å². The van der Waals surface area contributed by atoms with E-state index < -0.39 is 0 Å². The van der Waals surface area contributed by atoms with Crippen LogP contribution in [0.25, 0.3) is 11.1 Å². The van der Waals surface area contributed by atoms with Crippen LogP contribution in [0.2, 0.25) is 0 Å². The monoisotopic (exact) mass is 461 g/mol. The molecule has 0 spiro atoms. The minimum atomic E-state index is -0.128. The Labute approximate surface area is 207 Å². The summed E-state index contributed by atoms with van der Waals surface area (Å²) in [6.45, 7) is 10.7. The largest absolute Gasteiger partial charge is 0.492 e. The van der Waals surface area contributed by atoms with Crippen LogP contribution < -0.4 is 10.1 Å². The smallest absolute Gasteiger partial charge is 0.246 e. The lowest BCUT2D eigenvalue weighted by molar-refractivity contribution is -0.117. The van der Waals surface area contributed by atoms with Gasteiger partial charge in [0.2, 0.25) is 5.91 Å². The molecule has 0 aromatic heterocycles. The van der Waals surface area contributed by atoms with E-state index in [4.69, 9.17) is 4.74 Å². The van der Waals surface area contributed by atoms with Crippen molar-refractivity contribution in [2.45, 2.75) is 84.5 Å². The van der Waals surface area contributed by atoms with E-state index in [-0.39, 0.29) is 5.91 Å². The van der Waals surface area contributed by atoms with Gasteiger partial charge in [0.15, 0.2) is 0 Å². The first-order chi connectivity index (χ1) is 16.5. The molecule has 1 amide bonds. The molecule has 0 saturated heterocycles. The van der Waals surface area contributed by atoms with Gasteiger partial charge in [-0.15, -0.1) is 0 Å². The number of carbonyl (C=O) groups is 1. The summed E-state index contributed by atoms with van der Waals surface area (Å²) in [6, 6.07) is 15.6. The van der Waals surface area contributed by atoms with Crippen LogP contribution in [0.15, 0.2) is 54.6 Å². The molecule has 184 valence electrons. The van der Waals surface area contributed by atoms with Crippen LogP contribution in [0.3, 0.4) is 0 Å². The molecule has 2 aromatic carbocycles. The number of carbonyl (C=O) groups excluding carboxylic acids is 1. The van der Waals surface area contributed by atoms with E-state index in [0.717, 1.165) is 24.0 Å². The molecule has 0 atom stereocenters. The number of unbranched alkanes of at least 4 members (excludes halogenated alkanes) is 2. The number of nitrogens with one attached hydrogen (secondary N) is 1. The average Bonchev–Trinajstić information content (AvgIpc) is 2.87. The summed E-state index contributed by atoms with van der Waals surface area (Å²) in [7, 11) is 0. The van der Waals surface area contributed by atoms with Crippen molar-refractivity contribution < 1.29 is 9.53 Å². The quantitative estimate of drug-likeness (QED) is 0.258. The lowest BCUT2D eigenvalue weighted by Crippen LogP contribution is -2.28. The van der Waals surface area contributed by atoms with Crippen molar-refractivity contribution >= 4 is 5.91 Å². The van der Waals surface area contributed by atoms with Gasteiger partial charge in [0.05, 0.1) is 6.54 Å². The summed E-state index contributed by atoms with van der Waals surface area (Å²) >= 11 is 0. The topological polar surface area (TPSA) is 38.3 Å². The van der Waals surface area contributed by atoms with Gasteiger partial charge in [-0.3, -0.25) is 4.79 Å². The normalized spacial score (nSPS) is 17.9. The summed E-state index contributed by atoms with van der Waals surface area (Å²) < 4.78 is 5.86. The number of aryl methyl sites for hydroxylation is 1. The molecule has 1 fully saturated rings. The third-order valence-corrected chi connectivity index (χ3v) is 7.26. The van der Waals surface area contributed by atoms with E-state index in [1.165, 1.54) is 73.6 Å². The van der Waals surface area contributed by atoms with Gasteiger partial charge in [-0.25, -0.2) is 0 Å². The number of rotatable bonds is 12. The van der Waals surface area contributed by atoms with E-state index in [0.29, 0.717) is 18.7 Å². The second kappa shape index (κ2) is 13.4. The number of amides is 1. The fraction of sp³-hybridized carbons (Fsp3) is 0.516. The molecule has 3 nitrogen and oxygen atoms in total. The van der Waals surface area contributed by atoms with Gasteiger partial charge in [-0.2, -0.15) is 0 Å². The first-order valence-electron chi connectivity index (χ1n) is 13.3. The van der Waals surface area contributed by atoms with Crippen molar-refractivity contribution in [2.24, 2.45) is 5.92 Å². The zero-order chi connectivity index (χ0) is 24.3. The zero-order valence-electron chi connectivity index (χ0n) is 21.5. The molecule has 1 saturated carbocycles. The molecule has 1 aliphatic rings. The summed E-state index contributed by atoms with van der Waals surface area (Å²) in [5.41, 5.74) is 5.85. The third-order valence-electron chi connectivity index (χ3n) is 7.26. The van der Waals surface area contributed by atoms with Crippen molar-refractivity contribution in [2.75, 3.05) is 13.2 Å². The van der Waals surface area contributed by atoms with Crippen LogP contribution in [0, 0.1) is 5.92 Å². The lowest BCUT2D eigenvalue weighted by atomic mass is 9.77. The summed E-state index contributed by atoms with van der Waals surface area (Å²) in [5.74, 6) is 2.40. The molecule has 3 rings (SSSR count). The molecular weight excluding hydrogens is 418 g/mol. The predicted octanol–water partition coefficient (Wildman–Crippen LogP) is 7.84. The Bertz CT molecular complexity index is 923. The van der Waals surface area contributed by atoms with Crippen LogP contribution in [0.5, 0.6) is 5.75 Å². The van der Waals surface area contributed by atoms with Crippen molar-refractivity contribution in [3.8, 4) is 16.9 Å². The Morgan fingerprint density at radius 3 is 2.41 bits per heavy atom. The maximum absolute atomic E-state index is 11.6. The minimum Gasteiger partial charge on any atom is -0.492 e. The average molecular weight is 462 g/mol. The molecule has 1 N–H and O–H groups in total. The van der Waals surface area contributed by atoms with Crippen molar-refractivity contribution in [3.63, 3.8) is 0 Å². The highest BCUT2D eigenvalue weighted by Gasteiger charge is 2.22. The highest BCUT2D eigenvalue weighted by molar-refractivity contribution is 5.92. The van der Waals surface area contributed by atoms with Crippen LogP contribution in [0.4, 0.5) is 0 Å². The fourth-order valence-corrected chi connectivity index (χ4v) is 5.12. The number of hydrogen-bond acceptors (Lipinski definition) is 2. The predicted molar refractivity (Wildman–Crippen MR) is 143 cm³/mol. The molecule has 0 unspecified atom stereocenters. The molecule has 0 bridgehead atoms.